The van der Waals surface area contributed by atoms with Gasteiger partial charge in [-0.2, -0.15) is 5.10 Å². The van der Waals surface area contributed by atoms with E-state index in [0.29, 0.717) is 13.2 Å². The van der Waals surface area contributed by atoms with E-state index in [1.165, 1.54) is 6.20 Å². The number of amides is 1. The molecule has 3 N–H and O–H groups in total. The van der Waals surface area contributed by atoms with Crippen molar-refractivity contribution >= 4 is 11.6 Å². The van der Waals surface area contributed by atoms with Crippen LogP contribution in [0.4, 0.5) is 14.5 Å². The van der Waals surface area contributed by atoms with Crippen LogP contribution in [-0.2, 0) is 11.3 Å². The summed E-state index contributed by atoms with van der Waals surface area (Å²) in [5.41, 5.74) is 5.64. The molecule has 106 valence electrons. The highest BCUT2D eigenvalue weighted by Crippen LogP contribution is 2.13. The fraction of sp³-hybridized carbons (Fsp3) is 0.636. The minimum atomic E-state index is -2.54. The Morgan fingerprint density at radius 3 is 3.11 bits per heavy atom. The van der Waals surface area contributed by atoms with Gasteiger partial charge in [0.1, 0.15) is 6.54 Å². The summed E-state index contributed by atoms with van der Waals surface area (Å²) < 4.78 is 30.7. The third-order valence-corrected chi connectivity index (χ3v) is 2.84. The maximum Gasteiger partial charge on any atom is 0.274 e. The number of nitrogen functional groups attached to an aromatic ring is 1. The van der Waals surface area contributed by atoms with Crippen molar-refractivity contribution in [3.63, 3.8) is 0 Å². The normalized spacial score (nSPS) is 19.0. The number of carbonyl (C=O) groups is 1. The summed E-state index contributed by atoms with van der Waals surface area (Å²) in [6.45, 7) is 0.495. The lowest BCUT2D eigenvalue weighted by Gasteiger charge is -2.09. The van der Waals surface area contributed by atoms with Gasteiger partial charge in [-0.3, -0.25) is 9.48 Å². The highest BCUT2D eigenvalue weighted by molar-refractivity contribution is 5.96. The summed E-state index contributed by atoms with van der Waals surface area (Å²) in [7, 11) is 0. The van der Waals surface area contributed by atoms with E-state index in [1.807, 2.05) is 0 Å². The van der Waals surface area contributed by atoms with Crippen molar-refractivity contribution in [1.82, 2.24) is 15.1 Å². The molecule has 1 aromatic rings. The molecular formula is C11H16F2N4O2. The number of nitrogens with one attached hydrogen (secondary N) is 1. The molecule has 1 fully saturated rings. The minimum absolute atomic E-state index is 0.00771. The van der Waals surface area contributed by atoms with E-state index in [4.69, 9.17) is 10.5 Å². The first kappa shape index (κ1) is 13.7. The molecule has 2 heterocycles. The summed E-state index contributed by atoms with van der Waals surface area (Å²) in [4.78, 5) is 11.8. The highest BCUT2D eigenvalue weighted by Gasteiger charge is 2.20. The van der Waals surface area contributed by atoms with Crippen molar-refractivity contribution < 1.29 is 18.3 Å². The van der Waals surface area contributed by atoms with Crippen LogP contribution < -0.4 is 11.1 Å². The number of alkyl halides is 2. The molecule has 1 unspecified atom stereocenters. The molecule has 1 aliphatic heterocycles. The van der Waals surface area contributed by atoms with Crippen molar-refractivity contribution in [2.24, 2.45) is 0 Å². The smallest absolute Gasteiger partial charge is 0.274 e. The van der Waals surface area contributed by atoms with Gasteiger partial charge in [0.15, 0.2) is 5.69 Å². The second-order valence-electron chi connectivity index (χ2n) is 4.39. The standard InChI is InChI=1S/C11H16F2N4O2/c12-9(13)6-17-5-8(14)10(16-17)11(18)15-4-7-2-1-3-19-7/h5,7,9H,1-4,6,14H2,(H,15,18). The van der Waals surface area contributed by atoms with Crippen molar-refractivity contribution in [2.45, 2.75) is 31.9 Å². The van der Waals surface area contributed by atoms with Gasteiger partial charge in [0.2, 0.25) is 0 Å². The molecule has 0 saturated carbocycles. The first-order chi connectivity index (χ1) is 9.06. The molecule has 0 aromatic carbocycles. The van der Waals surface area contributed by atoms with Crippen LogP contribution in [0.2, 0.25) is 0 Å². The summed E-state index contributed by atoms with van der Waals surface area (Å²) in [5, 5.41) is 6.40. The predicted octanol–water partition coefficient (Wildman–Crippen LogP) is 0.639. The first-order valence-corrected chi connectivity index (χ1v) is 6.07. The van der Waals surface area contributed by atoms with E-state index in [-0.39, 0.29) is 17.5 Å². The van der Waals surface area contributed by atoms with Crippen molar-refractivity contribution in [3.8, 4) is 0 Å². The number of halogens is 2. The van der Waals surface area contributed by atoms with Crippen molar-refractivity contribution in [3.05, 3.63) is 11.9 Å². The quantitative estimate of drug-likeness (QED) is 0.825. The van der Waals surface area contributed by atoms with Gasteiger partial charge in [-0.1, -0.05) is 0 Å². The first-order valence-electron chi connectivity index (χ1n) is 6.07. The Bertz CT molecular complexity index is 444. The Labute approximate surface area is 108 Å². The zero-order valence-electron chi connectivity index (χ0n) is 10.3. The number of hydrogen-bond donors (Lipinski definition) is 2. The van der Waals surface area contributed by atoms with Gasteiger partial charge in [-0.15, -0.1) is 0 Å². The molecule has 1 amide bonds. The SMILES string of the molecule is Nc1cn(CC(F)F)nc1C(=O)NCC1CCCO1. The molecular weight excluding hydrogens is 258 g/mol. The highest BCUT2D eigenvalue weighted by atomic mass is 19.3. The number of ether oxygens (including phenoxy) is 1. The summed E-state index contributed by atoms with van der Waals surface area (Å²) >= 11 is 0. The zero-order valence-corrected chi connectivity index (χ0v) is 10.3. The van der Waals surface area contributed by atoms with Gasteiger partial charge in [-0.05, 0) is 12.8 Å². The van der Waals surface area contributed by atoms with Crippen LogP contribution >= 0.6 is 0 Å². The van der Waals surface area contributed by atoms with Gasteiger partial charge in [0.25, 0.3) is 12.3 Å². The lowest BCUT2D eigenvalue weighted by atomic mass is 10.2. The average Bonchev–Trinajstić information content (AvgIpc) is 2.95. The van der Waals surface area contributed by atoms with E-state index in [0.717, 1.165) is 17.5 Å². The number of anilines is 1. The second-order valence-corrected chi connectivity index (χ2v) is 4.39. The topological polar surface area (TPSA) is 82.2 Å². The van der Waals surface area contributed by atoms with Crippen LogP contribution in [-0.4, -0.2) is 41.4 Å². The monoisotopic (exact) mass is 274 g/mol. The van der Waals surface area contributed by atoms with E-state index in [2.05, 4.69) is 10.4 Å². The lowest BCUT2D eigenvalue weighted by Crippen LogP contribution is -2.32. The molecule has 1 saturated heterocycles. The fourth-order valence-corrected chi connectivity index (χ4v) is 1.94. The molecule has 0 spiro atoms. The molecule has 0 bridgehead atoms. The Morgan fingerprint density at radius 1 is 1.68 bits per heavy atom. The fourth-order valence-electron chi connectivity index (χ4n) is 1.94. The third kappa shape index (κ3) is 3.63. The van der Waals surface area contributed by atoms with E-state index in [9.17, 15) is 13.6 Å². The molecule has 1 aliphatic rings. The van der Waals surface area contributed by atoms with Crippen molar-refractivity contribution in [2.75, 3.05) is 18.9 Å². The van der Waals surface area contributed by atoms with Crippen LogP contribution in [0.25, 0.3) is 0 Å². The maximum atomic E-state index is 12.2. The van der Waals surface area contributed by atoms with Crippen molar-refractivity contribution in [1.29, 1.82) is 0 Å². The van der Waals surface area contributed by atoms with E-state index >= 15 is 0 Å². The largest absolute Gasteiger partial charge is 0.396 e. The minimum Gasteiger partial charge on any atom is -0.396 e. The van der Waals surface area contributed by atoms with Gasteiger partial charge in [0, 0.05) is 19.3 Å². The maximum absolute atomic E-state index is 12.2. The number of nitrogens with two attached hydrogens (primary N) is 1. The average molecular weight is 274 g/mol. The van der Waals surface area contributed by atoms with Crippen LogP contribution in [0.15, 0.2) is 6.20 Å². The third-order valence-electron chi connectivity index (χ3n) is 2.84. The molecule has 6 nitrogen and oxygen atoms in total. The molecule has 19 heavy (non-hydrogen) atoms. The van der Waals surface area contributed by atoms with Gasteiger partial charge < -0.3 is 15.8 Å². The Kier molecular flexibility index (Phi) is 4.31. The van der Waals surface area contributed by atoms with Gasteiger partial charge >= 0.3 is 0 Å². The predicted molar refractivity (Wildman–Crippen MR) is 64.0 cm³/mol. The summed E-state index contributed by atoms with van der Waals surface area (Å²) in [5.74, 6) is -0.471. The number of carbonyl (C=O) groups excluding carboxylic acids is 1. The van der Waals surface area contributed by atoms with Gasteiger partial charge in [-0.25, -0.2) is 8.78 Å². The molecule has 2 rings (SSSR count). The van der Waals surface area contributed by atoms with E-state index < -0.39 is 18.9 Å². The summed E-state index contributed by atoms with van der Waals surface area (Å²) in [6, 6.07) is 0. The van der Waals surface area contributed by atoms with Crippen LogP contribution in [0.3, 0.4) is 0 Å². The Morgan fingerprint density at radius 2 is 2.47 bits per heavy atom. The lowest BCUT2D eigenvalue weighted by molar-refractivity contribution is 0.0851. The number of rotatable bonds is 5. The molecule has 0 radical (unpaired) electrons. The molecule has 1 atom stereocenters. The van der Waals surface area contributed by atoms with E-state index in [1.54, 1.807) is 0 Å². The molecule has 1 aromatic heterocycles. The second kappa shape index (κ2) is 5.96. The van der Waals surface area contributed by atoms with Crippen LogP contribution in [0, 0.1) is 0 Å². The Hall–Kier alpha value is -1.70. The van der Waals surface area contributed by atoms with Crippen LogP contribution in [0.5, 0.6) is 0 Å². The number of nitrogens with zero attached hydrogens (tertiary/aromatic N) is 2. The summed E-state index contributed by atoms with van der Waals surface area (Å²) in [6.07, 6.45) is 0.574. The van der Waals surface area contributed by atoms with Crippen LogP contribution in [0.1, 0.15) is 23.3 Å². The molecule has 8 heteroatoms. The number of aromatic nitrogens is 2. The van der Waals surface area contributed by atoms with Gasteiger partial charge in [0.05, 0.1) is 11.8 Å². The zero-order chi connectivity index (χ0) is 13.8. The molecule has 0 aliphatic carbocycles. The number of hydrogen-bond acceptors (Lipinski definition) is 4. The Balaban J connectivity index is 1.92.